The van der Waals surface area contributed by atoms with Crippen molar-refractivity contribution < 1.29 is 9.59 Å². The zero-order valence-corrected chi connectivity index (χ0v) is 12.7. The normalized spacial score (nSPS) is 15.5. The smallest absolute Gasteiger partial charge is 0.184 e. The zero-order valence-electron chi connectivity index (χ0n) is 11.9. The van der Waals surface area contributed by atoms with Crippen LogP contribution in [-0.2, 0) is 0 Å². The first-order chi connectivity index (χ1) is 9.91. The molecular formula is C15H17N3O2S. The summed E-state index contributed by atoms with van der Waals surface area (Å²) in [4.78, 5) is 25.0. The monoisotopic (exact) mass is 303 g/mol. The fourth-order valence-electron chi connectivity index (χ4n) is 2.42. The average Bonchev–Trinajstić information content (AvgIpc) is 2.67. The first-order valence-electron chi connectivity index (χ1n) is 6.71. The predicted octanol–water partition coefficient (Wildman–Crippen LogP) is 1.92. The fraction of sp³-hybridized carbons (Fsp3) is 0.333. The summed E-state index contributed by atoms with van der Waals surface area (Å²) in [5, 5.41) is 4.09. The largest absolute Gasteiger partial charge is 0.375 e. The summed E-state index contributed by atoms with van der Waals surface area (Å²) < 4.78 is 0. The molecule has 0 spiro atoms. The van der Waals surface area contributed by atoms with Crippen molar-refractivity contribution in [3.8, 4) is 0 Å². The number of fused-ring (bicyclic) bond motifs is 1. The van der Waals surface area contributed by atoms with E-state index in [9.17, 15) is 9.59 Å². The molecule has 0 heterocycles. The Morgan fingerprint density at radius 2 is 1.81 bits per heavy atom. The maximum atomic E-state index is 12.5. The van der Waals surface area contributed by atoms with E-state index in [4.69, 9.17) is 18.0 Å². The van der Waals surface area contributed by atoms with Crippen LogP contribution in [-0.4, -0.2) is 22.4 Å². The van der Waals surface area contributed by atoms with E-state index in [0.717, 1.165) is 0 Å². The first-order valence-corrected chi connectivity index (χ1v) is 7.12. The number of nitrogens with zero attached hydrogens (tertiary/aromatic N) is 1. The van der Waals surface area contributed by atoms with Crippen LogP contribution in [0.3, 0.4) is 0 Å². The number of Topliss-reactive ketones (excluding diaryl/α,β-unsaturated/α-hetero) is 2. The molecule has 3 N–H and O–H groups in total. The SMILES string of the molecule is CC(C)CC(=NNC(N)=S)C1C(=O)c2ccccc2C1=O. The molecule has 1 aliphatic carbocycles. The van der Waals surface area contributed by atoms with Gasteiger partial charge < -0.3 is 5.73 Å². The summed E-state index contributed by atoms with van der Waals surface area (Å²) in [6.45, 7) is 3.99. The van der Waals surface area contributed by atoms with Gasteiger partial charge in [0.25, 0.3) is 0 Å². The molecule has 0 atom stereocenters. The Morgan fingerprint density at radius 1 is 1.29 bits per heavy atom. The van der Waals surface area contributed by atoms with Crippen molar-refractivity contribution in [1.82, 2.24) is 5.43 Å². The van der Waals surface area contributed by atoms with Gasteiger partial charge in [-0.05, 0) is 24.6 Å². The summed E-state index contributed by atoms with van der Waals surface area (Å²) in [6.07, 6.45) is 0.520. The predicted molar refractivity (Wildman–Crippen MR) is 85.4 cm³/mol. The molecule has 0 aromatic heterocycles. The van der Waals surface area contributed by atoms with Crippen molar-refractivity contribution in [2.45, 2.75) is 20.3 Å². The number of thiocarbonyl (C=S) groups is 1. The third kappa shape index (κ3) is 3.16. The third-order valence-electron chi connectivity index (χ3n) is 3.24. The molecule has 0 unspecified atom stereocenters. The summed E-state index contributed by atoms with van der Waals surface area (Å²) in [5.41, 5.74) is 9.25. The van der Waals surface area contributed by atoms with Gasteiger partial charge in [-0.3, -0.25) is 15.0 Å². The second-order valence-electron chi connectivity index (χ2n) is 5.38. The number of hydrogen-bond donors (Lipinski definition) is 2. The van der Waals surface area contributed by atoms with Crippen LogP contribution < -0.4 is 11.2 Å². The van der Waals surface area contributed by atoms with Crippen LogP contribution in [0.15, 0.2) is 29.4 Å². The van der Waals surface area contributed by atoms with Crippen molar-refractivity contribution >= 4 is 34.6 Å². The molecule has 5 nitrogen and oxygen atoms in total. The van der Waals surface area contributed by atoms with Crippen molar-refractivity contribution in [1.29, 1.82) is 0 Å². The minimum Gasteiger partial charge on any atom is -0.375 e. The van der Waals surface area contributed by atoms with Crippen LogP contribution in [0.4, 0.5) is 0 Å². The van der Waals surface area contributed by atoms with Gasteiger partial charge in [-0.15, -0.1) is 0 Å². The molecule has 1 aromatic carbocycles. The van der Waals surface area contributed by atoms with Gasteiger partial charge >= 0.3 is 0 Å². The molecule has 0 saturated heterocycles. The molecule has 1 aliphatic rings. The average molecular weight is 303 g/mol. The minimum absolute atomic E-state index is 0.00617. The highest BCUT2D eigenvalue weighted by molar-refractivity contribution is 7.80. The van der Waals surface area contributed by atoms with E-state index in [1.807, 2.05) is 13.8 Å². The van der Waals surface area contributed by atoms with Gasteiger partial charge in [-0.25, -0.2) is 0 Å². The summed E-state index contributed by atoms with van der Waals surface area (Å²) >= 11 is 4.72. The summed E-state index contributed by atoms with van der Waals surface area (Å²) in [5.74, 6) is -1.03. The van der Waals surface area contributed by atoms with Gasteiger partial charge in [0.2, 0.25) is 0 Å². The fourth-order valence-corrected chi connectivity index (χ4v) is 2.46. The van der Waals surface area contributed by atoms with Gasteiger partial charge in [0.05, 0.1) is 5.71 Å². The summed E-state index contributed by atoms with van der Waals surface area (Å²) in [6, 6.07) is 6.84. The lowest BCUT2D eigenvalue weighted by Gasteiger charge is -2.13. The molecule has 21 heavy (non-hydrogen) atoms. The Kier molecular flexibility index (Phi) is 4.47. The topological polar surface area (TPSA) is 84.5 Å². The molecule has 0 amide bonds. The number of benzene rings is 1. The second-order valence-corrected chi connectivity index (χ2v) is 5.82. The van der Waals surface area contributed by atoms with Gasteiger partial charge in [-0.2, -0.15) is 5.10 Å². The molecule has 6 heteroatoms. The molecule has 110 valence electrons. The lowest BCUT2D eigenvalue weighted by Crippen LogP contribution is -2.32. The van der Waals surface area contributed by atoms with E-state index < -0.39 is 5.92 Å². The Bertz CT molecular complexity index is 603. The Balaban J connectivity index is 2.38. The van der Waals surface area contributed by atoms with Crippen LogP contribution in [0, 0.1) is 11.8 Å². The van der Waals surface area contributed by atoms with Crippen molar-refractivity contribution in [3.63, 3.8) is 0 Å². The maximum absolute atomic E-state index is 12.5. The third-order valence-corrected chi connectivity index (χ3v) is 3.33. The van der Waals surface area contributed by atoms with E-state index in [-0.39, 0.29) is 22.6 Å². The quantitative estimate of drug-likeness (QED) is 0.384. The standard InChI is InChI=1S/C15H17N3O2S/c1-8(2)7-11(17-18-15(16)21)12-13(19)9-5-3-4-6-10(9)14(12)20/h3-6,8,12H,7H2,1-2H3,(H3,16,18,21). The van der Waals surface area contributed by atoms with Gasteiger partial charge in [0.15, 0.2) is 16.7 Å². The second kappa shape index (κ2) is 6.13. The lowest BCUT2D eigenvalue weighted by atomic mass is 9.91. The van der Waals surface area contributed by atoms with Crippen LogP contribution >= 0.6 is 12.2 Å². The minimum atomic E-state index is -0.869. The number of rotatable bonds is 4. The Hall–Kier alpha value is -2.08. The van der Waals surface area contributed by atoms with E-state index >= 15 is 0 Å². The van der Waals surface area contributed by atoms with Crippen LogP contribution in [0.1, 0.15) is 41.0 Å². The van der Waals surface area contributed by atoms with Crippen molar-refractivity contribution in [3.05, 3.63) is 35.4 Å². The zero-order chi connectivity index (χ0) is 15.6. The summed E-state index contributed by atoms with van der Waals surface area (Å²) in [7, 11) is 0. The van der Waals surface area contributed by atoms with E-state index in [2.05, 4.69) is 10.5 Å². The number of hydrogen-bond acceptors (Lipinski definition) is 4. The van der Waals surface area contributed by atoms with Gasteiger partial charge in [0.1, 0.15) is 5.92 Å². The molecule has 1 aromatic rings. The van der Waals surface area contributed by atoms with Gasteiger partial charge in [-0.1, -0.05) is 38.1 Å². The lowest BCUT2D eigenvalue weighted by molar-refractivity contribution is 0.0881. The van der Waals surface area contributed by atoms with Crippen LogP contribution in [0.25, 0.3) is 0 Å². The molecule has 0 bridgehead atoms. The number of carbonyl (C=O) groups is 2. The van der Waals surface area contributed by atoms with E-state index in [0.29, 0.717) is 23.3 Å². The Labute approximate surface area is 128 Å². The first kappa shape index (κ1) is 15.3. The molecular weight excluding hydrogens is 286 g/mol. The molecule has 0 aliphatic heterocycles. The van der Waals surface area contributed by atoms with Crippen LogP contribution in [0.2, 0.25) is 0 Å². The molecule has 0 saturated carbocycles. The molecule has 0 radical (unpaired) electrons. The Morgan fingerprint density at radius 3 is 2.24 bits per heavy atom. The van der Waals surface area contributed by atoms with Crippen molar-refractivity contribution in [2.75, 3.05) is 0 Å². The van der Waals surface area contributed by atoms with Gasteiger partial charge in [0, 0.05) is 11.1 Å². The number of nitrogens with two attached hydrogens (primary N) is 1. The van der Waals surface area contributed by atoms with E-state index in [1.165, 1.54) is 0 Å². The highest BCUT2D eigenvalue weighted by atomic mass is 32.1. The highest BCUT2D eigenvalue weighted by Crippen LogP contribution is 2.29. The molecule has 0 fully saturated rings. The van der Waals surface area contributed by atoms with Crippen molar-refractivity contribution in [2.24, 2.45) is 22.7 Å². The molecule has 2 rings (SSSR count). The van der Waals surface area contributed by atoms with E-state index in [1.54, 1.807) is 24.3 Å². The number of nitrogens with one attached hydrogen (secondary N) is 1. The maximum Gasteiger partial charge on any atom is 0.184 e. The highest BCUT2D eigenvalue weighted by Gasteiger charge is 2.41. The van der Waals surface area contributed by atoms with Crippen LogP contribution in [0.5, 0.6) is 0 Å². The number of carbonyl (C=O) groups excluding carboxylic acids is 2. The number of hydrazone groups is 1. The number of ketones is 2.